The van der Waals surface area contributed by atoms with Gasteiger partial charge in [0, 0.05) is 28.0 Å². The molecule has 0 bridgehead atoms. The average Bonchev–Trinajstić information content (AvgIpc) is 2.82. The van der Waals surface area contributed by atoms with Gasteiger partial charge in [-0.25, -0.2) is 5.43 Å². The first-order valence-electron chi connectivity index (χ1n) is 9.86. The standard InChI is InChI=1S/C23H20ClN7O2/c1-33-19-13-16(24)12-15(20(19)32)14-25-31-23-29-21(26-17-8-4-2-5-9-17)28-22(30-23)27-18-10-6-3-7-11-18/h2-14,32H,1H3,(H3,26,27,28,29,30,31). The number of methoxy groups -OCH3 is 1. The van der Waals surface area contributed by atoms with E-state index in [4.69, 9.17) is 16.3 Å². The number of rotatable bonds is 8. The lowest BCUT2D eigenvalue weighted by Crippen LogP contribution is -2.07. The highest BCUT2D eigenvalue weighted by molar-refractivity contribution is 6.31. The molecule has 0 spiro atoms. The fraction of sp³-hybridized carbons (Fsp3) is 0.0435. The van der Waals surface area contributed by atoms with E-state index in [1.54, 1.807) is 6.07 Å². The number of para-hydroxylation sites is 2. The monoisotopic (exact) mass is 461 g/mol. The molecule has 4 N–H and O–H groups in total. The second-order valence-electron chi connectivity index (χ2n) is 6.70. The molecule has 0 fully saturated rings. The summed E-state index contributed by atoms with van der Waals surface area (Å²) >= 11 is 6.07. The van der Waals surface area contributed by atoms with Crippen LogP contribution in [0.1, 0.15) is 5.56 Å². The van der Waals surface area contributed by atoms with Crippen LogP contribution < -0.4 is 20.8 Å². The molecule has 9 nitrogen and oxygen atoms in total. The molecule has 0 saturated carbocycles. The van der Waals surface area contributed by atoms with Gasteiger partial charge in [-0.05, 0) is 30.3 Å². The number of phenolic OH excluding ortho intramolecular Hbond substituents is 1. The largest absolute Gasteiger partial charge is 0.504 e. The lowest BCUT2D eigenvalue weighted by Gasteiger charge is -2.10. The van der Waals surface area contributed by atoms with Gasteiger partial charge < -0.3 is 20.5 Å². The Hall–Kier alpha value is -4.37. The van der Waals surface area contributed by atoms with Crippen LogP contribution in [0, 0.1) is 0 Å². The Labute approximate surface area is 195 Å². The van der Waals surface area contributed by atoms with E-state index in [9.17, 15) is 5.11 Å². The molecule has 4 rings (SSSR count). The Balaban J connectivity index is 1.59. The molecule has 0 aliphatic rings. The molecule has 0 unspecified atom stereocenters. The summed E-state index contributed by atoms with van der Waals surface area (Å²) in [5, 5.41) is 21.1. The molecule has 4 aromatic rings. The number of halogens is 1. The quantitative estimate of drug-likeness (QED) is 0.210. The average molecular weight is 462 g/mol. The van der Waals surface area contributed by atoms with Crippen molar-refractivity contribution in [3.63, 3.8) is 0 Å². The molecule has 3 aromatic carbocycles. The van der Waals surface area contributed by atoms with Gasteiger partial charge in [0.15, 0.2) is 11.5 Å². The number of anilines is 5. The third-order valence-corrected chi connectivity index (χ3v) is 4.57. The number of phenols is 1. The predicted molar refractivity (Wildman–Crippen MR) is 130 cm³/mol. The number of hydrazone groups is 1. The molecular formula is C23H20ClN7O2. The number of aromatic nitrogens is 3. The fourth-order valence-electron chi connectivity index (χ4n) is 2.85. The summed E-state index contributed by atoms with van der Waals surface area (Å²) in [6, 6.07) is 22.1. The van der Waals surface area contributed by atoms with Crippen LogP contribution in [0.5, 0.6) is 11.5 Å². The van der Waals surface area contributed by atoms with E-state index in [0.29, 0.717) is 22.5 Å². The van der Waals surface area contributed by atoms with Crippen molar-refractivity contribution in [3.05, 3.63) is 83.4 Å². The number of aromatic hydroxyl groups is 1. The van der Waals surface area contributed by atoms with Crippen LogP contribution in [0.4, 0.5) is 29.2 Å². The molecule has 0 atom stereocenters. The van der Waals surface area contributed by atoms with Gasteiger partial charge in [0.1, 0.15) is 0 Å². The maximum atomic E-state index is 10.3. The second-order valence-corrected chi connectivity index (χ2v) is 7.14. The van der Waals surface area contributed by atoms with Gasteiger partial charge in [-0.15, -0.1) is 0 Å². The Morgan fingerprint density at radius 1 is 0.848 bits per heavy atom. The van der Waals surface area contributed by atoms with Gasteiger partial charge in [0.05, 0.1) is 13.3 Å². The third-order valence-electron chi connectivity index (χ3n) is 4.35. The number of benzene rings is 3. The van der Waals surface area contributed by atoms with E-state index in [2.05, 4.69) is 36.1 Å². The molecular weight excluding hydrogens is 442 g/mol. The van der Waals surface area contributed by atoms with Crippen molar-refractivity contribution in [3.8, 4) is 11.5 Å². The number of hydrogen-bond donors (Lipinski definition) is 4. The SMILES string of the molecule is COc1cc(Cl)cc(C=NNc2nc(Nc3ccccc3)nc(Nc3ccccc3)n2)c1O. The molecule has 0 aliphatic heterocycles. The van der Waals surface area contributed by atoms with Crippen molar-refractivity contribution in [2.75, 3.05) is 23.2 Å². The third kappa shape index (κ3) is 5.86. The van der Waals surface area contributed by atoms with Crippen molar-refractivity contribution >= 4 is 47.0 Å². The van der Waals surface area contributed by atoms with E-state index in [-0.39, 0.29) is 17.4 Å². The van der Waals surface area contributed by atoms with Crippen LogP contribution >= 0.6 is 11.6 Å². The molecule has 0 amide bonds. The second kappa shape index (κ2) is 10.3. The van der Waals surface area contributed by atoms with Crippen molar-refractivity contribution in [2.24, 2.45) is 5.10 Å². The minimum atomic E-state index is -0.0824. The summed E-state index contributed by atoms with van der Waals surface area (Å²) in [4.78, 5) is 13.2. The molecule has 0 aliphatic carbocycles. The zero-order valence-corrected chi connectivity index (χ0v) is 18.3. The first-order valence-corrected chi connectivity index (χ1v) is 10.2. The van der Waals surface area contributed by atoms with Crippen molar-refractivity contribution in [1.82, 2.24) is 15.0 Å². The zero-order chi connectivity index (χ0) is 23.0. The summed E-state index contributed by atoms with van der Waals surface area (Å²) in [5.74, 6) is 0.986. The van der Waals surface area contributed by atoms with E-state index in [1.165, 1.54) is 19.4 Å². The summed E-state index contributed by atoms with van der Waals surface area (Å²) in [6.45, 7) is 0. The van der Waals surface area contributed by atoms with Crippen molar-refractivity contribution in [1.29, 1.82) is 0 Å². The molecule has 1 heterocycles. The number of nitrogens with one attached hydrogen (secondary N) is 3. The van der Waals surface area contributed by atoms with Gasteiger partial charge >= 0.3 is 0 Å². The zero-order valence-electron chi connectivity index (χ0n) is 17.5. The van der Waals surface area contributed by atoms with Gasteiger partial charge in [0.25, 0.3) is 0 Å². The van der Waals surface area contributed by atoms with E-state index < -0.39 is 0 Å². The van der Waals surface area contributed by atoms with Crippen molar-refractivity contribution < 1.29 is 9.84 Å². The van der Waals surface area contributed by atoms with E-state index in [0.717, 1.165) is 11.4 Å². The normalized spacial score (nSPS) is 10.7. The highest BCUT2D eigenvalue weighted by Gasteiger charge is 2.10. The summed E-state index contributed by atoms with van der Waals surface area (Å²) < 4.78 is 5.11. The maximum absolute atomic E-state index is 10.3. The minimum Gasteiger partial charge on any atom is -0.504 e. The molecule has 1 aromatic heterocycles. The van der Waals surface area contributed by atoms with Crippen molar-refractivity contribution in [2.45, 2.75) is 0 Å². The van der Waals surface area contributed by atoms with Crippen LogP contribution in [-0.2, 0) is 0 Å². The Morgan fingerprint density at radius 3 is 1.94 bits per heavy atom. The van der Waals surface area contributed by atoms with Crippen LogP contribution in [0.25, 0.3) is 0 Å². The number of hydrogen-bond acceptors (Lipinski definition) is 9. The molecule has 166 valence electrons. The van der Waals surface area contributed by atoms with E-state index >= 15 is 0 Å². The predicted octanol–water partition coefficient (Wildman–Crippen LogP) is 5.17. The fourth-order valence-corrected chi connectivity index (χ4v) is 3.06. The lowest BCUT2D eigenvalue weighted by atomic mass is 10.2. The summed E-state index contributed by atoms with van der Waals surface area (Å²) in [5.41, 5.74) is 4.77. The van der Waals surface area contributed by atoms with Crippen LogP contribution in [0.2, 0.25) is 5.02 Å². The molecule has 0 radical (unpaired) electrons. The minimum absolute atomic E-state index is 0.0824. The van der Waals surface area contributed by atoms with Gasteiger partial charge in [-0.3, -0.25) is 0 Å². The van der Waals surface area contributed by atoms with Crippen LogP contribution in [0.15, 0.2) is 77.9 Å². The maximum Gasteiger partial charge on any atom is 0.250 e. The lowest BCUT2D eigenvalue weighted by molar-refractivity contribution is 0.373. The first kappa shape index (κ1) is 21.8. The topological polar surface area (TPSA) is 117 Å². The smallest absolute Gasteiger partial charge is 0.250 e. The highest BCUT2D eigenvalue weighted by atomic mass is 35.5. The Morgan fingerprint density at radius 2 is 1.39 bits per heavy atom. The van der Waals surface area contributed by atoms with Crippen LogP contribution in [0.3, 0.4) is 0 Å². The Kier molecular flexibility index (Phi) is 6.81. The molecule has 33 heavy (non-hydrogen) atoms. The summed E-state index contributed by atoms with van der Waals surface area (Å²) in [7, 11) is 1.44. The Bertz CT molecular complexity index is 1190. The molecule has 10 heteroatoms. The van der Waals surface area contributed by atoms with Gasteiger partial charge in [-0.1, -0.05) is 48.0 Å². The number of nitrogens with zero attached hydrogens (tertiary/aromatic N) is 4. The first-order chi connectivity index (χ1) is 16.1. The molecule has 0 saturated heterocycles. The highest BCUT2D eigenvalue weighted by Crippen LogP contribution is 2.32. The summed E-state index contributed by atoms with van der Waals surface area (Å²) in [6.07, 6.45) is 1.39. The van der Waals surface area contributed by atoms with Crippen LogP contribution in [-0.4, -0.2) is 33.4 Å². The van der Waals surface area contributed by atoms with Gasteiger partial charge in [0.2, 0.25) is 17.8 Å². The van der Waals surface area contributed by atoms with Gasteiger partial charge in [-0.2, -0.15) is 20.1 Å². The van der Waals surface area contributed by atoms with E-state index in [1.807, 2.05) is 60.7 Å². The number of ether oxygens (including phenoxy) is 1.